The second kappa shape index (κ2) is 13.0. The number of amides is 2. The van der Waals surface area contributed by atoms with Crippen LogP contribution in [0, 0.1) is 0 Å². The van der Waals surface area contributed by atoms with Crippen molar-refractivity contribution in [2.75, 3.05) is 24.8 Å². The molecule has 2 amide bonds. The van der Waals surface area contributed by atoms with E-state index in [0.29, 0.717) is 29.2 Å². The Morgan fingerprint density at radius 1 is 0.943 bits per heavy atom. The minimum absolute atomic E-state index is 0.0774. The number of esters is 1. The maximum Gasteiger partial charge on any atom is 0.316 e. The van der Waals surface area contributed by atoms with Gasteiger partial charge >= 0.3 is 5.97 Å². The van der Waals surface area contributed by atoms with E-state index in [1.807, 2.05) is 12.1 Å². The molecule has 3 rings (SSSR count). The minimum Gasteiger partial charge on any atom is -0.497 e. The quantitative estimate of drug-likeness (QED) is 0.242. The predicted octanol–water partition coefficient (Wildman–Crippen LogP) is 4.76. The van der Waals surface area contributed by atoms with Crippen LogP contribution in [-0.2, 0) is 14.3 Å². The zero-order valence-corrected chi connectivity index (χ0v) is 20.3. The van der Waals surface area contributed by atoms with E-state index in [9.17, 15) is 14.4 Å². The van der Waals surface area contributed by atoms with Crippen LogP contribution in [0.5, 0.6) is 5.75 Å². The number of anilines is 1. The van der Waals surface area contributed by atoms with Gasteiger partial charge in [-0.1, -0.05) is 36.4 Å². The summed E-state index contributed by atoms with van der Waals surface area (Å²) in [6, 6.07) is 22.9. The molecule has 8 heteroatoms. The lowest BCUT2D eigenvalue weighted by molar-refractivity contribution is -0.139. The van der Waals surface area contributed by atoms with Gasteiger partial charge in [0.25, 0.3) is 11.8 Å². The molecular weight excluding hydrogens is 464 g/mol. The summed E-state index contributed by atoms with van der Waals surface area (Å²) in [5.41, 5.74) is 1.74. The number of nitrogens with one attached hydrogen (secondary N) is 2. The predicted molar refractivity (Wildman–Crippen MR) is 137 cm³/mol. The van der Waals surface area contributed by atoms with Crippen molar-refractivity contribution in [2.45, 2.75) is 11.8 Å². The van der Waals surface area contributed by atoms with Crippen LogP contribution in [0.1, 0.15) is 22.8 Å². The Morgan fingerprint density at radius 3 is 2.37 bits per heavy atom. The zero-order chi connectivity index (χ0) is 25.0. The molecule has 0 fully saturated rings. The standard InChI is InChI=1S/C27H26N2O5S/c1-3-34-25(30)18-35-23-11-7-10-21(17-23)28-27(32)24(16-19-12-14-22(33-2)15-13-19)29-26(31)20-8-5-4-6-9-20/h4-17H,3,18H2,1-2H3,(H,28,32)(H,29,31)/b24-16+. The molecule has 180 valence electrons. The van der Waals surface area contributed by atoms with Crippen LogP contribution in [0.2, 0.25) is 0 Å². The van der Waals surface area contributed by atoms with Crippen molar-refractivity contribution in [2.24, 2.45) is 0 Å². The smallest absolute Gasteiger partial charge is 0.316 e. The molecule has 0 aliphatic rings. The van der Waals surface area contributed by atoms with E-state index >= 15 is 0 Å². The van der Waals surface area contributed by atoms with E-state index in [1.54, 1.807) is 86.8 Å². The van der Waals surface area contributed by atoms with Crippen LogP contribution in [0.3, 0.4) is 0 Å². The van der Waals surface area contributed by atoms with Gasteiger partial charge in [-0.3, -0.25) is 14.4 Å². The van der Waals surface area contributed by atoms with Crippen molar-refractivity contribution in [3.05, 3.63) is 95.7 Å². The molecule has 0 spiro atoms. The lowest BCUT2D eigenvalue weighted by Crippen LogP contribution is -2.30. The fraction of sp³-hybridized carbons (Fsp3) is 0.148. The van der Waals surface area contributed by atoms with Gasteiger partial charge in [0.05, 0.1) is 19.5 Å². The van der Waals surface area contributed by atoms with E-state index in [-0.39, 0.29) is 17.4 Å². The van der Waals surface area contributed by atoms with Crippen LogP contribution in [-0.4, -0.2) is 37.3 Å². The fourth-order valence-electron chi connectivity index (χ4n) is 3.02. The molecule has 0 bridgehead atoms. The van der Waals surface area contributed by atoms with Gasteiger partial charge in [-0.15, -0.1) is 11.8 Å². The van der Waals surface area contributed by atoms with Crippen molar-refractivity contribution < 1.29 is 23.9 Å². The number of carbonyl (C=O) groups excluding carboxylic acids is 3. The van der Waals surface area contributed by atoms with Crippen molar-refractivity contribution in [3.63, 3.8) is 0 Å². The molecule has 3 aromatic carbocycles. The summed E-state index contributed by atoms with van der Waals surface area (Å²) in [5.74, 6) is -0.350. The van der Waals surface area contributed by atoms with Gasteiger partial charge in [0.1, 0.15) is 11.4 Å². The number of benzene rings is 3. The molecular formula is C27H26N2O5S. The van der Waals surface area contributed by atoms with Crippen LogP contribution in [0.25, 0.3) is 6.08 Å². The number of methoxy groups -OCH3 is 1. The van der Waals surface area contributed by atoms with Crippen LogP contribution in [0.15, 0.2) is 89.5 Å². The molecule has 0 saturated carbocycles. The van der Waals surface area contributed by atoms with E-state index in [0.717, 1.165) is 4.90 Å². The lowest BCUT2D eigenvalue weighted by atomic mass is 10.1. The van der Waals surface area contributed by atoms with Crippen molar-refractivity contribution in [1.82, 2.24) is 5.32 Å². The molecule has 35 heavy (non-hydrogen) atoms. The van der Waals surface area contributed by atoms with Crippen molar-refractivity contribution in [3.8, 4) is 5.75 Å². The first-order valence-corrected chi connectivity index (χ1v) is 11.9. The molecule has 2 N–H and O–H groups in total. The van der Waals surface area contributed by atoms with Gasteiger partial charge in [0.2, 0.25) is 0 Å². The SMILES string of the molecule is CCOC(=O)CSc1cccc(NC(=O)/C(=C\c2ccc(OC)cc2)NC(=O)c2ccccc2)c1. The number of hydrogen-bond acceptors (Lipinski definition) is 6. The number of ether oxygens (including phenoxy) is 2. The van der Waals surface area contributed by atoms with Gasteiger partial charge in [-0.25, -0.2) is 0 Å². The Kier molecular flexibility index (Phi) is 9.50. The largest absolute Gasteiger partial charge is 0.497 e. The second-order valence-corrected chi connectivity index (χ2v) is 8.28. The first-order chi connectivity index (χ1) is 17.0. The highest BCUT2D eigenvalue weighted by Gasteiger charge is 2.15. The average Bonchev–Trinajstić information content (AvgIpc) is 2.88. The van der Waals surface area contributed by atoms with Gasteiger partial charge in [0, 0.05) is 16.1 Å². The Hall–Kier alpha value is -4.04. The zero-order valence-electron chi connectivity index (χ0n) is 19.4. The van der Waals surface area contributed by atoms with Crippen LogP contribution in [0.4, 0.5) is 5.69 Å². The molecule has 3 aromatic rings. The topological polar surface area (TPSA) is 93.7 Å². The van der Waals surface area contributed by atoms with E-state index < -0.39 is 11.8 Å². The van der Waals surface area contributed by atoms with E-state index in [1.165, 1.54) is 11.8 Å². The van der Waals surface area contributed by atoms with Gasteiger partial charge in [0.15, 0.2) is 0 Å². The third-order valence-electron chi connectivity index (χ3n) is 4.71. The molecule has 0 aliphatic carbocycles. The molecule has 0 unspecified atom stereocenters. The Bertz CT molecular complexity index is 1190. The maximum absolute atomic E-state index is 13.2. The molecule has 0 aliphatic heterocycles. The molecule has 0 atom stereocenters. The van der Waals surface area contributed by atoms with Crippen molar-refractivity contribution >= 4 is 41.3 Å². The highest BCUT2D eigenvalue weighted by Crippen LogP contribution is 2.22. The van der Waals surface area contributed by atoms with Gasteiger partial charge < -0.3 is 20.1 Å². The number of rotatable bonds is 10. The molecule has 0 heterocycles. The molecule has 0 aromatic heterocycles. The number of carbonyl (C=O) groups is 3. The highest BCUT2D eigenvalue weighted by molar-refractivity contribution is 8.00. The summed E-state index contributed by atoms with van der Waals surface area (Å²) in [6.07, 6.45) is 1.59. The first-order valence-electron chi connectivity index (χ1n) is 10.9. The average molecular weight is 491 g/mol. The molecule has 0 saturated heterocycles. The summed E-state index contributed by atoms with van der Waals surface area (Å²) in [6.45, 7) is 2.08. The normalized spacial score (nSPS) is 10.9. The monoisotopic (exact) mass is 490 g/mol. The summed E-state index contributed by atoms with van der Waals surface area (Å²) in [7, 11) is 1.57. The molecule has 7 nitrogen and oxygen atoms in total. The van der Waals surface area contributed by atoms with Crippen molar-refractivity contribution in [1.29, 1.82) is 0 Å². The highest BCUT2D eigenvalue weighted by atomic mass is 32.2. The summed E-state index contributed by atoms with van der Waals surface area (Å²) in [5, 5.41) is 5.53. The summed E-state index contributed by atoms with van der Waals surface area (Å²) in [4.78, 5) is 38.4. The Morgan fingerprint density at radius 2 is 1.69 bits per heavy atom. The maximum atomic E-state index is 13.2. The summed E-state index contributed by atoms with van der Waals surface area (Å²) >= 11 is 1.31. The van der Waals surface area contributed by atoms with Crippen LogP contribution < -0.4 is 15.4 Å². The van der Waals surface area contributed by atoms with Crippen LogP contribution >= 0.6 is 11.8 Å². The Labute approximate surface area is 208 Å². The number of hydrogen-bond donors (Lipinski definition) is 2. The van der Waals surface area contributed by atoms with E-state index in [2.05, 4.69) is 10.6 Å². The summed E-state index contributed by atoms with van der Waals surface area (Å²) < 4.78 is 10.1. The first kappa shape index (κ1) is 25.6. The lowest BCUT2D eigenvalue weighted by Gasteiger charge is -2.12. The van der Waals surface area contributed by atoms with E-state index in [4.69, 9.17) is 9.47 Å². The minimum atomic E-state index is -0.488. The Balaban J connectivity index is 1.79. The number of thioether (sulfide) groups is 1. The molecule has 0 radical (unpaired) electrons. The van der Waals surface area contributed by atoms with Gasteiger partial charge in [-0.2, -0.15) is 0 Å². The third kappa shape index (κ3) is 8.04. The second-order valence-electron chi connectivity index (χ2n) is 7.23. The fourth-order valence-corrected chi connectivity index (χ4v) is 3.77. The third-order valence-corrected chi connectivity index (χ3v) is 5.68. The van der Waals surface area contributed by atoms with Gasteiger partial charge in [-0.05, 0) is 61.0 Å².